The number of benzene rings is 3. The second-order valence-corrected chi connectivity index (χ2v) is 7.35. The normalized spacial score (nSPS) is 15.0. The molecule has 0 unspecified atom stereocenters. The van der Waals surface area contributed by atoms with Gasteiger partial charge in [0.05, 0.1) is 23.5 Å². The van der Waals surface area contributed by atoms with Crippen LogP contribution in [0.5, 0.6) is 5.75 Å². The van der Waals surface area contributed by atoms with Crippen molar-refractivity contribution < 1.29 is 9.53 Å². The quantitative estimate of drug-likeness (QED) is 0.451. The van der Waals surface area contributed by atoms with E-state index in [1.54, 1.807) is 30.2 Å². The van der Waals surface area contributed by atoms with Crippen LogP contribution in [0.25, 0.3) is 11.8 Å². The number of hydrogen-bond acceptors (Lipinski definition) is 2. The Kier molecular flexibility index (Phi) is 5.43. The first-order valence-electron chi connectivity index (χ1n) is 8.99. The fraction of sp³-hybridized carbons (Fsp3) is 0.0417. The third-order valence-corrected chi connectivity index (χ3v) is 5.18. The van der Waals surface area contributed by atoms with E-state index in [2.05, 4.69) is 0 Å². The van der Waals surface area contributed by atoms with Crippen molar-refractivity contribution in [3.63, 3.8) is 0 Å². The van der Waals surface area contributed by atoms with E-state index in [0.717, 1.165) is 22.6 Å². The van der Waals surface area contributed by atoms with Crippen molar-refractivity contribution in [1.82, 2.24) is 0 Å². The van der Waals surface area contributed by atoms with Gasteiger partial charge in [-0.1, -0.05) is 65.7 Å². The molecule has 0 aromatic heterocycles. The van der Waals surface area contributed by atoms with Crippen LogP contribution >= 0.6 is 23.2 Å². The summed E-state index contributed by atoms with van der Waals surface area (Å²) in [4.78, 5) is 15.0. The molecule has 3 aromatic carbocycles. The monoisotopic (exact) mass is 421 g/mol. The highest BCUT2D eigenvalue weighted by Gasteiger charge is 2.31. The fourth-order valence-corrected chi connectivity index (χ4v) is 3.71. The summed E-state index contributed by atoms with van der Waals surface area (Å²) in [6.07, 6.45) is 3.74. The second kappa shape index (κ2) is 8.16. The van der Waals surface area contributed by atoms with E-state index in [9.17, 15) is 4.79 Å². The zero-order chi connectivity index (χ0) is 20.4. The van der Waals surface area contributed by atoms with Crippen LogP contribution in [0.2, 0.25) is 10.0 Å². The van der Waals surface area contributed by atoms with Gasteiger partial charge in [-0.3, -0.25) is 9.69 Å². The SMILES string of the molecule is COc1ccc(/C=C2\C=C(c3ccccc3)N(c3ccc(Cl)cc3Cl)C2=O)cc1. The predicted octanol–water partition coefficient (Wildman–Crippen LogP) is 6.47. The van der Waals surface area contributed by atoms with E-state index in [1.165, 1.54) is 0 Å². The molecule has 144 valence electrons. The first kappa shape index (κ1) is 19.3. The highest BCUT2D eigenvalue weighted by Crippen LogP contribution is 2.39. The van der Waals surface area contributed by atoms with Gasteiger partial charge in [0.1, 0.15) is 5.75 Å². The smallest absolute Gasteiger partial charge is 0.262 e. The van der Waals surface area contributed by atoms with Gasteiger partial charge >= 0.3 is 0 Å². The predicted molar refractivity (Wildman–Crippen MR) is 119 cm³/mol. The molecule has 1 aliphatic rings. The molecule has 1 aliphatic heterocycles. The van der Waals surface area contributed by atoms with E-state index in [-0.39, 0.29) is 5.91 Å². The third kappa shape index (κ3) is 3.93. The number of amides is 1. The van der Waals surface area contributed by atoms with Crippen molar-refractivity contribution >= 4 is 46.6 Å². The van der Waals surface area contributed by atoms with Gasteiger partial charge in [0.25, 0.3) is 5.91 Å². The fourth-order valence-electron chi connectivity index (χ4n) is 3.22. The van der Waals surface area contributed by atoms with Crippen LogP contribution in [0.1, 0.15) is 11.1 Å². The molecule has 0 atom stereocenters. The Labute approximate surface area is 179 Å². The molecule has 0 aliphatic carbocycles. The average Bonchev–Trinajstić information content (AvgIpc) is 3.05. The number of carbonyl (C=O) groups is 1. The lowest BCUT2D eigenvalue weighted by Gasteiger charge is -2.22. The Bertz CT molecular complexity index is 1120. The zero-order valence-electron chi connectivity index (χ0n) is 15.6. The molecule has 0 N–H and O–H groups in total. The molecule has 0 fully saturated rings. The molecule has 29 heavy (non-hydrogen) atoms. The van der Waals surface area contributed by atoms with Gasteiger partial charge in [-0.15, -0.1) is 0 Å². The summed E-state index contributed by atoms with van der Waals surface area (Å²) in [5.41, 5.74) is 3.75. The minimum Gasteiger partial charge on any atom is -0.497 e. The summed E-state index contributed by atoms with van der Waals surface area (Å²) in [5.74, 6) is 0.615. The highest BCUT2D eigenvalue weighted by molar-refractivity contribution is 6.38. The number of methoxy groups -OCH3 is 1. The van der Waals surface area contributed by atoms with Crippen LogP contribution in [-0.4, -0.2) is 13.0 Å². The van der Waals surface area contributed by atoms with Crippen molar-refractivity contribution in [2.24, 2.45) is 0 Å². The molecule has 0 saturated heterocycles. The molecule has 3 nitrogen and oxygen atoms in total. The maximum atomic E-state index is 13.3. The van der Waals surface area contributed by atoms with Gasteiger partial charge in [-0.25, -0.2) is 0 Å². The Hall–Kier alpha value is -3.01. The molecule has 4 rings (SSSR count). The van der Waals surface area contributed by atoms with E-state index in [0.29, 0.717) is 21.3 Å². The largest absolute Gasteiger partial charge is 0.497 e. The summed E-state index contributed by atoms with van der Waals surface area (Å²) >= 11 is 12.5. The lowest BCUT2D eigenvalue weighted by Crippen LogP contribution is -2.25. The van der Waals surface area contributed by atoms with E-state index >= 15 is 0 Å². The number of ether oxygens (including phenoxy) is 1. The van der Waals surface area contributed by atoms with E-state index < -0.39 is 0 Å². The molecule has 1 heterocycles. The zero-order valence-corrected chi connectivity index (χ0v) is 17.1. The molecule has 3 aromatic rings. The maximum Gasteiger partial charge on any atom is 0.262 e. The number of rotatable bonds is 4. The van der Waals surface area contributed by atoms with Crippen molar-refractivity contribution in [3.8, 4) is 5.75 Å². The van der Waals surface area contributed by atoms with Crippen LogP contribution in [-0.2, 0) is 4.79 Å². The number of nitrogens with zero attached hydrogens (tertiary/aromatic N) is 1. The standard InChI is InChI=1S/C24H17Cl2NO2/c1-29-20-10-7-16(8-11-20)13-18-14-23(17-5-3-2-4-6-17)27(24(18)28)22-12-9-19(25)15-21(22)26/h2-15H,1H3/b18-13+. The van der Waals surface area contributed by atoms with Gasteiger partial charge in [0.2, 0.25) is 0 Å². The first-order valence-corrected chi connectivity index (χ1v) is 9.75. The molecule has 0 radical (unpaired) electrons. The van der Waals surface area contributed by atoms with Crippen LogP contribution in [0, 0.1) is 0 Å². The lowest BCUT2D eigenvalue weighted by molar-refractivity contribution is -0.113. The second-order valence-electron chi connectivity index (χ2n) is 6.50. The summed E-state index contributed by atoms with van der Waals surface area (Å²) < 4.78 is 5.20. The topological polar surface area (TPSA) is 29.5 Å². The molecular weight excluding hydrogens is 405 g/mol. The van der Waals surface area contributed by atoms with Crippen LogP contribution in [0.15, 0.2) is 84.4 Å². The van der Waals surface area contributed by atoms with Gasteiger partial charge in [0, 0.05) is 10.6 Å². The lowest BCUT2D eigenvalue weighted by atomic mass is 10.1. The summed E-state index contributed by atoms with van der Waals surface area (Å²) in [6, 6.07) is 22.4. The van der Waals surface area contributed by atoms with Gasteiger partial charge in [-0.2, -0.15) is 0 Å². The summed E-state index contributed by atoms with van der Waals surface area (Å²) in [7, 11) is 1.62. The molecule has 0 spiro atoms. The minimum absolute atomic E-state index is 0.149. The van der Waals surface area contributed by atoms with Crippen molar-refractivity contribution in [1.29, 1.82) is 0 Å². The number of halogens is 2. The molecule has 0 saturated carbocycles. The van der Waals surface area contributed by atoms with Crippen LogP contribution in [0.4, 0.5) is 5.69 Å². The van der Waals surface area contributed by atoms with Crippen molar-refractivity contribution in [2.45, 2.75) is 0 Å². The van der Waals surface area contributed by atoms with E-state index in [4.69, 9.17) is 27.9 Å². The molecule has 1 amide bonds. The Morgan fingerprint density at radius 1 is 0.931 bits per heavy atom. The average molecular weight is 422 g/mol. The number of carbonyl (C=O) groups excluding carboxylic acids is 1. The molecule has 5 heteroatoms. The summed E-state index contributed by atoms with van der Waals surface area (Å²) in [6.45, 7) is 0. The van der Waals surface area contributed by atoms with Crippen LogP contribution in [0.3, 0.4) is 0 Å². The Morgan fingerprint density at radius 3 is 2.31 bits per heavy atom. The Balaban J connectivity index is 1.81. The summed E-state index contributed by atoms with van der Waals surface area (Å²) in [5, 5.41) is 0.933. The van der Waals surface area contributed by atoms with Gasteiger partial charge in [0.15, 0.2) is 0 Å². The molecule has 0 bridgehead atoms. The van der Waals surface area contributed by atoms with Gasteiger partial charge < -0.3 is 4.74 Å². The minimum atomic E-state index is -0.149. The molecular formula is C24H17Cl2NO2. The third-order valence-electron chi connectivity index (χ3n) is 4.64. The first-order chi connectivity index (χ1) is 14.1. The number of anilines is 1. The van der Waals surface area contributed by atoms with Gasteiger partial charge in [-0.05, 0) is 53.6 Å². The van der Waals surface area contributed by atoms with Crippen LogP contribution < -0.4 is 9.64 Å². The number of hydrogen-bond donors (Lipinski definition) is 0. The maximum absolute atomic E-state index is 13.3. The van der Waals surface area contributed by atoms with Crippen molar-refractivity contribution in [3.05, 3.63) is 106 Å². The van der Waals surface area contributed by atoms with E-state index in [1.807, 2.05) is 66.7 Å². The highest BCUT2D eigenvalue weighted by atomic mass is 35.5. The van der Waals surface area contributed by atoms with Crippen molar-refractivity contribution in [2.75, 3.05) is 12.0 Å². The Morgan fingerprint density at radius 2 is 1.66 bits per heavy atom.